The Labute approximate surface area is 145 Å². The highest BCUT2D eigenvalue weighted by Crippen LogP contribution is 2.28. The number of urea groups is 1. The van der Waals surface area contributed by atoms with Gasteiger partial charge in [-0.05, 0) is 18.2 Å². The largest absolute Gasteiger partial charge is 0.378 e. The van der Waals surface area contributed by atoms with Gasteiger partial charge in [-0.25, -0.2) is 9.78 Å². The second-order valence-electron chi connectivity index (χ2n) is 5.53. The molecule has 1 saturated heterocycles. The van der Waals surface area contributed by atoms with E-state index < -0.39 is 0 Å². The van der Waals surface area contributed by atoms with Gasteiger partial charge in [-0.3, -0.25) is 0 Å². The smallest absolute Gasteiger partial charge is 0.319 e. The Kier molecular flexibility index (Phi) is 5.22. The molecule has 0 spiro atoms. The van der Waals surface area contributed by atoms with Crippen LogP contribution in [0.25, 0.3) is 0 Å². The number of benzene rings is 1. The van der Waals surface area contributed by atoms with Crippen molar-refractivity contribution in [1.29, 1.82) is 0 Å². The van der Waals surface area contributed by atoms with E-state index in [4.69, 9.17) is 16.3 Å². The molecule has 2 heterocycles. The fourth-order valence-corrected chi connectivity index (χ4v) is 2.68. The van der Waals surface area contributed by atoms with Gasteiger partial charge in [0.1, 0.15) is 5.82 Å². The zero-order valence-electron chi connectivity index (χ0n) is 13.5. The van der Waals surface area contributed by atoms with Crippen LogP contribution in [-0.2, 0) is 18.3 Å². The summed E-state index contributed by atoms with van der Waals surface area (Å²) in [4.78, 5) is 18.5. The number of nitrogens with zero attached hydrogens (tertiary/aromatic N) is 3. The third-order valence-electron chi connectivity index (χ3n) is 3.90. The first-order chi connectivity index (χ1) is 11.6. The molecule has 24 heavy (non-hydrogen) atoms. The predicted octanol–water partition coefficient (Wildman–Crippen LogP) is 2.23. The van der Waals surface area contributed by atoms with Gasteiger partial charge < -0.3 is 24.8 Å². The number of halogens is 1. The van der Waals surface area contributed by atoms with Gasteiger partial charge in [-0.1, -0.05) is 11.6 Å². The number of hydrogen-bond acceptors (Lipinski definition) is 4. The Bertz CT molecular complexity index is 712. The van der Waals surface area contributed by atoms with Crippen molar-refractivity contribution in [3.63, 3.8) is 0 Å². The van der Waals surface area contributed by atoms with E-state index in [0.717, 1.165) is 24.6 Å². The first-order valence-electron chi connectivity index (χ1n) is 7.77. The molecule has 2 N–H and O–H groups in total. The van der Waals surface area contributed by atoms with Crippen LogP contribution in [0.2, 0.25) is 5.02 Å². The second kappa shape index (κ2) is 7.55. The van der Waals surface area contributed by atoms with Crippen LogP contribution >= 0.6 is 11.6 Å². The number of rotatable bonds is 4. The summed E-state index contributed by atoms with van der Waals surface area (Å²) in [6.45, 7) is 3.40. The van der Waals surface area contributed by atoms with E-state index in [2.05, 4.69) is 20.5 Å². The highest BCUT2D eigenvalue weighted by Gasteiger charge is 2.14. The van der Waals surface area contributed by atoms with Crippen LogP contribution in [0.3, 0.4) is 0 Å². The summed E-state index contributed by atoms with van der Waals surface area (Å²) >= 11 is 6.20. The van der Waals surface area contributed by atoms with Crippen LogP contribution in [-0.4, -0.2) is 41.9 Å². The second-order valence-corrected chi connectivity index (χ2v) is 5.93. The maximum Gasteiger partial charge on any atom is 0.319 e. The fraction of sp³-hybridized carbons (Fsp3) is 0.375. The first-order valence-corrected chi connectivity index (χ1v) is 8.14. The molecular formula is C16H20ClN5O2. The van der Waals surface area contributed by atoms with Crippen LogP contribution in [0.1, 0.15) is 5.82 Å². The molecule has 1 aromatic heterocycles. The maximum atomic E-state index is 12.1. The van der Waals surface area contributed by atoms with E-state index in [1.807, 2.05) is 29.9 Å². The lowest BCUT2D eigenvalue weighted by atomic mass is 10.2. The van der Waals surface area contributed by atoms with Gasteiger partial charge >= 0.3 is 6.03 Å². The Morgan fingerprint density at radius 1 is 1.38 bits per heavy atom. The van der Waals surface area contributed by atoms with Crippen molar-refractivity contribution in [2.75, 3.05) is 36.5 Å². The van der Waals surface area contributed by atoms with E-state index in [9.17, 15) is 4.79 Å². The van der Waals surface area contributed by atoms with Crippen LogP contribution in [0.4, 0.5) is 16.2 Å². The topological polar surface area (TPSA) is 71.4 Å². The van der Waals surface area contributed by atoms with E-state index in [-0.39, 0.29) is 6.03 Å². The lowest BCUT2D eigenvalue weighted by molar-refractivity contribution is 0.122. The standard InChI is InChI=1S/C16H20ClN5O2/c1-21-5-4-18-15(21)11-19-16(23)20-14-10-12(2-3-13(14)17)22-6-8-24-9-7-22/h2-5,10H,6-9,11H2,1H3,(H2,19,20,23). The lowest BCUT2D eigenvalue weighted by Crippen LogP contribution is -2.36. The molecule has 128 valence electrons. The number of nitrogens with one attached hydrogen (secondary N) is 2. The van der Waals surface area contributed by atoms with Gasteiger partial charge in [0.2, 0.25) is 0 Å². The molecule has 7 nitrogen and oxygen atoms in total. The first kappa shape index (κ1) is 16.6. The minimum atomic E-state index is -0.320. The monoisotopic (exact) mass is 349 g/mol. The highest BCUT2D eigenvalue weighted by molar-refractivity contribution is 6.33. The van der Waals surface area contributed by atoms with Crippen LogP contribution < -0.4 is 15.5 Å². The molecule has 0 unspecified atom stereocenters. The van der Waals surface area contributed by atoms with Crippen molar-refractivity contribution >= 4 is 29.0 Å². The minimum absolute atomic E-state index is 0.320. The molecule has 2 aromatic rings. The van der Waals surface area contributed by atoms with Gasteiger partial charge in [0.05, 0.1) is 30.5 Å². The Balaban J connectivity index is 1.63. The summed E-state index contributed by atoms with van der Waals surface area (Å²) in [5.74, 6) is 0.776. The average molecular weight is 350 g/mol. The minimum Gasteiger partial charge on any atom is -0.378 e. The van der Waals surface area contributed by atoms with E-state index >= 15 is 0 Å². The van der Waals surface area contributed by atoms with Crippen molar-refractivity contribution in [3.8, 4) is 0 Å². The van der Waals surface area contributed by atoms with Gasteiger partial charge in [-0.2, -0.15) is 0 Å². The summed E-state index contributed by atoms with van der Waals surface area (Å²) in [5.41, 5.74) is 1.60. The molecule has 0 atom stereocenters. The van der Waals surface area contributed by atoms with Gasteiger partial charge in [0.15, 0.2) is 0 Å². The fourth-order valence-electron chi connectivity index (χ4n) is 2.52. The number of aromatic nitrogens is 2. The summed E-state index contributed by atoms with van der Waals surface area (Å²) in [6, 6.07) is 5.30. The Morgan fingerprint density at radius 2 is 2.17 bits per heavy atom. The number of hydrogen-bond donors (Lipinski definition) is 2. The number of amides is 2. The van der Waals surface area contributed by atoms with Gasteiger partial charge in [-0.15, -0.1) is 0 Å². The number of ether oxygens (including phenoxy) is 1. The lowest BCUT2D eigenvalue weighted by Gasteiger charge is -2.29. The SMILES string of the molecule is Cn1ccnc1CNC(=O)Nc1cc(N2CCOCC2)ccc1Cl. The number of imidazole rings is 1. The summed E-state index contributed by atoms with van der Waals surface area (Å²) in [6.07, 6.45) is 3.52. The van der Waals surface area contributed by atoms with Crippen LogP contribution in [0, 0.1) is 0 Å². The van der Waals surface area contributed by atoms with Crippen molar-refractivity contribution in [1.82, 2.24) is 14.9 Å². The van der Waals surface area contributed by atoms with Crippen molar-refractivity contribution < 1.29 is 9.53 Å². The maximum absolute atomic E-state index is 12.1. The van der Waals surface area contributed by atoms with Crippen molar-refractivity contribution in [2.45, 2.75) is 6.54 Å². The Morgan fingerprint density at radius 3 is 2.88 bits per heavy atom. The molecule has 1 aromatic carbocycles. The third kappa shape index (κ3) is 3.98. The van der Waals surface area contributed by atoms with Crippen LogP contribution in [0.5, 0.6) is 0 Å². The van der Waals surface area contributed by atoms with E-state index in [1.54, 1.807) is 12.3 Å². The molecule has 0 radical (unpaired) electrons. The normalized spacial score (nSPS) is 14.5. The number of anilines is 2. The average Bonchev–Trinajstić information content (AvgIpc) is 3.01. The molecule has 0 aliphatic carbocycles. The predicted molar refractivity (Wildman–Crippen MR) is 93.6 cm³/mol. The summed E-state index contributed by atoms with van der Waals surface area (Å²) in [7, 11) is 1.88. The molecule has 0 bridgehead atoms. The molecule has 2 amide bonds. The van der Waals surface area contributed by atoms with Crippen molar-refractivity contribution in [3.05, 3.63) is 41.4 Å². The zero-order valence-corrected chi connectivity index (χ0v) is 14.2. The molecule has 1 aliphatic heterocycles. The summed E-state index contributed by atoms with van der Waals surface area (Å²) in [5, 5.41) is 6.07. The summed E-state index contributed by atoms with van der Waals surface area (Å²) < 4.78 is 7.21. The number of carbonyl (C=O) groups is 1. The van der Waals surface area contributed by atoms with E-state index in [0.29, 0.717) is 30.5 Å². The zero-order chi connectivity index (χ0) is 16.9. The Hall–Kier alpha value is -2.25. The molecule has 3 rings (SSSR count). The number of carbonyl (C=O) groups excluding carboxylic acids is 1. The molecule has 0 saturated carbocycles. The van der Waals surface area contributed by atoms with Gasteiger partial charge in [0.25, 0.3) is 0 Å². The molecular weight excluding hydrogens is 330 g/mol. The third-order valence-corrected chi connectivity index (χ3v) is 4.23. The van der Waals surface area contributed by atoms with Crippen LogP contribution in [0.15, 0.2) is 30.6 Å². The molecule has 8 heteroatoms. The van der Waals surface area contributed by atoms with Gasteiger partial charge in [0, 0.05) is 38.2 Å². The number of morpholine rings is 1. The highest BCUT2D eigenvalue weighted by atomic mass is 35.5. The van der Waals surface area contributed by atoms with E-state index in [1.165, 1.54) is 0 Å². The number of aryl methyl sites for hydroxylation is 1. The molecule has 1 fully saturated rings. The molecule has 1 aliphatic rings. The quantitative estimate of drug-likeness (QED) is 0.888. The van der Waals surface area contributed by atoms with Crippen molar-refractivity contribution in [2.24, 2.45) is 7.05 Å².